The van der Waals surface area contributed by atoms with Crippen molar-refractivity contribution in [2.45, 2.75) is 37.9 Å². The average molecular weight is 860 g/mol. The van der Waals surface area contributed by atoms with Gasteiger partial charge in [0.2, 0.25) is 5.88 Å². The fraction of sp³-hybridized carbons (Fsp3) is 0.375. The number of ether oxygens (including phenoxy) is 2. The standard InChI is InChI=1S/C25H18F3N5O3.C7H11FN.U/c1-2-14-17-11(7-16(26)19(14)27)6-12(29)8-15(17)21-20(28)22-18-23(32-25(34)31-22)33-4-3-5-35-9-13(33)10-36-24(18)30-21;8-6-4-7-2-1-3-9(7)5-6;/h1,6-8,13H,3-5,9-10,29H2,(H,31,32,34);6H,1-5H2;/q;-1;/t13-;6-;/m11./s1. The van der Waals surface area contributed by atoms with Crippen LogP contribution in [0.25, 0.3) is 32.9 Å². The summed E-state index contributed by atoms with van der Waals surface area (Å²) in [4.78, 5) is 16.6. The molecule has 0 unspecified atom stereocenters. The summed E-state index contributed by atoms with van der Waals surface area (Å²) < 4.78 is 69.2. The summed E-state index contributed by atoms with van der Waals surface area (Å²) in [5, 5.41) is 10.7. The van der Waals surface area contributed by atoms with Crippen LogP contribution in [0.2, 0.25) is 0 Å². The molecule has 3 saturated heterocycles. The summed E-state index contributed by atoms with van der Waals surface area (Å²) in [6.07, 6.45) is 8.77. The van der Waals surface area contributed by atoms with Gasteiger partial charge in [-0.25, -0.2) is 28.6 Å². The Hall–Kier alpha value is -3.36. The number of nitrogen functional groups attached to an aromatic ring is 1. The first-order valence-electron chi connectivity index (χ1n) is 14.7. The van der Waals surface area contributed by atoms with E-state index in [4.69, 9.17) is 21.6 Å². The van der Waals surface area contributed by atoms with Crippen molar-refractivity contribution in [1.82, 2.24) is 19.9 Å². The SMILES string of the molecule is C#Cc1c(F)c(F)cc2cc(N)cc(-c3nc4c5c(nc(O)nc5c3F)N3CCCOC[C@@H]3CO4)c12.F[C@@H]1C[C-]2CCCN2C1.[U]. The number of aromatic nitrogens is 3. The Kier molecular flexibility index (Phi) is 9.23. The maximum absolute atomic E-state index is 16.1. The van der Waals surface area contributed by atoms with Gasteiger partial charge in [0.1, 0.15) is 29.0 Å². The van der Waals surface area contributed by atoms with Crippen molar-refractivity contribution in [1.29, 1.82) is 0 Å². The maximum Gasteiger partial charge on any atom is 0.316 e. The van der Waals surface area contributed by atoms with Crippen LogP contribution in [0.1, 0.15) is 31.2 Å². The van der Waals surface area contributed by atoms with E-state index in [1.165, 1.54) is 24.6 Å². The second-order valence-electron chi connectivity index (χ2n) is 11.5. The van der Waals surface area contributed by atoms with E-state index in [-0.39, 0.29) is 94.1 Å². The fourth-order valence-electron chi connectivity index (χ4n) is 6.66. The molecule has 9 nitrogen and oxygen atoms in total. The molecule has 4 aliphatic heterocycles. The monoisotopic (exact) mass is 859 g/mol. The van der Waals surface area contributed by atoms with E-state index >= 15 is 4.39 Å². The van der Waals surface area contributed by atoms with Crippen molar-refractivity contribution in [2.24, 2.45) is 0 Å². The van der Waals surface area contributed by atoms with E-state index in [2.05, 4.69) is 25.8 Å². The van der Waals surface area contributed by atoms with Gasteiger partial charge in [0, 0.05) is 60.9 Å². The fourth-order valence-corrected chi connectivity index (χ4v) is 6.66. The topological polar surface area (TPSA) is 110 Å². The molecule has 4 aliphatic rings. The third-order valence-corrected chi connectivity index (χ3v) is 8.61. The number of hydrogen-bond acceptors (Lipinski definition) is 9. The Morgan fingerprint density at radius 1 is 1.04 bits per heavy atom. The van der Waals surface area contributed by atoms with Crippen LogP contribution in [0, 0.1) is 67.0 Å². The molecule has 0 amide bonds. The smallest absolute Gasteiger partial charge is 0.316 e. The van der Waals surface area contributed by atoms with Gasteiger partial charge in [0.05, 0.1) is 24.4 Å². The first-order valence-corrected chi connectivity index (χ1v) is 14.7. The van der Waals surface area contributed by atoms with E-state index in [9.17, 15) is 18.3 Å². The molecule has 0 spiro atoms. The van der Waals surface area contributed by atoms with Crippen LogP contribution in [-0.2, 0) is 4.74 Å². The number of benzene rings is 2. The molecule has 2 aromatic heterocycles. The number of nitrogens with zero attached hydrogens (tertiary/aromatic N) is 5. The average Bonchev–Trinajstić information content (AvgIpc) is 3.44. The Morgan fingerprint density at radius 2 is 1.87 bits per heavy atom. The third kappa shape index (κ3) is 5.72. The quantitative estimate of drug-likeness (QED) is 0.120. The maximum atomic E-state index is 16.1. The van der Waals surface area contributed by atoms with Crippen LogP contribution < -0.4 is 15.4 Å². The normalized spacial score (nSPS) is 20.9. The molecule has 2 aromatic carbocycles. The van der Waals surface area contributed by atoms with Crippen molar-refractivity contribution in [3.8, 4) is 35.5 Å². The molecule has 8 rings (SSSR count). The van der Waals surface area contributed by atoms with Crippen molar-refractivity contribution in [2.75, 3.05) is 50.1 Å². The van der Waals surface area contributed by atoms with Crippen LogP contribution in [-0.4, -0.2) is 76.6 Å². The van der Waals surface area contributed by atoms with E-state index in [1.807, 2.05) is 4.90 Å². The van der Waals surface area contributed by atoms with Crippen molar-refractivity contribution >= 4 is 33.2 Å². The second-order valence-corrected chi connectivity index (χ2v) is 11.5. The van der Waals surface area contributed by atoms with E-state index in [1.54, 1.807) is 0 Å². The zero-order valence-electron chi connectivity index (χ0n) is 24.6. The van der Waals surface area contributed by atoms with Gasteiger partial charge >= 0.3 is 6.01 Å². The van der Waals surface area contributed by atoms with Crippen LogP contribution in [0.5, 0.6) is 11.9 Å². The minimum Gasteiger partial charge on any atom is -0.479 e. The molecule has 4 aromatic rings. The molecule has 0 saturated carbocycles. The molecule has 0 aliphatic carbocycles. The third-order valence-electron chi connectivity index (χ3n) is 8.61. The van der Waals surface area contributed by atoms with Crippen molar-refractivity contribution in [3.05, 3.63) is 47.3 Å². The molecule has 2 atom stereocenters. The largest absolute Gasteiger partial charge is 0.479 e. The molecule has 238 valence electrons. The minimum atomic E-state index is -1.25. The molecular formula is C32H29F4N6O3U-. The number of rotatable bonds is 1. The Labute approximate surface area is 285 Å². The summed E-state index contributed by atoms with van der Waals surface area (Å²) in [6, 6.07) is 4.17. The van der Waals surface area contributed by atoms with Crippen molar-refractivity contribution in [3.63, 3.8) is 0 Å². The van der Waals surface area contributed by atoms with Gasteiger partial charge < -0.3 is 30.1 Å². The van der Waals surface area contributed by atoms with E-state index in [0.29, 0.717) is 32.7 Å². The van der Waals surface area contributed by atoms with Crippen molar-refractivity contribution < 1.29 is 63.3 Å². The number of halogens is 4. The number of aromatic hydroxyl groups is 1. The number of nitrogens with two attached hydrogens (primary N) is 1. The van der Waals surface area contributed by atoms with E-state index < -0.39 is 35.2 Å². The van der Waals surface area contributed by atoms with Gasteiger partial charge in [-0.05, 0) is 43.1 Å². The summed E-state index contributed by atoms with van der Waals surface area (Å²) >= 11 is 0. The van der Waals surface area contributed by atoms with Crippen LogP contribution in [0.3, 0.4) is 0 Å². The zero-order valence-corrected chi connectivity index (χ0v) is 28.8. The molecule has 0 bridgehead atoms. The Bertz CT molecular complexity index is 1860. The predicted octanol–water partition coefficient (Wildman–Crippen LogP) is 4.88. The molecule has 46 heavy (non-hydrogen) atoms. The van der Waals surface area contributed by atoms with E-state index in [0.717, 1.165) is 25.5 Å². The molecule has 6 heterocycles. The van der Waals surface area contributed by atoms with Gasteiger partial charge in [-0.15, -0.1) is 12.8 Å². The molecule has 14 heteroatoms. The first kappa shape index (κ1) is 32.6. The first-order chi connectivity index (χ1) is 21.7. The van der Waals surface area contributed by atoms with Gasteiger partial charge in [0.15, 0.2) is 17.5 Å². The van der Waals surface area contributed by atoms with Crippen LogP contribution in [0.4, 0.5) is 29.1 Å². The van der Waals surface area contributed by atoms with Crippen LogP contribution >= 0.6 is 0 Å². The summed E-state index contributed by atoms with van der Waals surface area (Å²) in [6.45, 7) is 3.36. The minimum absolute atomic E-state index is 0. The van der Waals surface area contributed by atoms with Gasteiger partial charge in [0.25, 0.3) is 0 Å². The molecule has 3 fully saturated rings. The van der Waals surface area contributed by atoms with Gasteiger partial charge in [-0.1, -0.05) is 12.3 Å². The number of alkyl halides is 1. The second kappa shape index (κ2) is 13.0. The Morgan fingerprint density at radius 3 is 2.65 bits per heavy atom. The molecular weight excluding hydrogens is 830 g/mol. The Balaban J connectivity index is 0.000000318. The molecule has 0 radical (unpaired) electrons. The number of fused-ring (bicyclic) bond motifs is 4. The number of anilines is 2. The molecule has 3 N–H and O–H groups in total. The zero-order chi connectivity index (χ0) is 31.4. The predicted molar refractivity (Wildman–Crippen MR) is 160 cm³/mol. The summed E-state index contributed by atoms with van der Waals surface area (Å²) in [5.74, 6) is -0.900. The van der Waals surface area contributed by atoms with Gasteiger partial charge in [-0.3, -0.25) is 0 Å². The number of terminal acetylenes is 1. The number of hydrogen-bond donors (Lipinski definition) is 2. The number of pyridine rings is 1. The van der Waals surface area contributed by atoms with Crippen LogP contribution in [0.15, 0.2) is 18.2 Å². The summed E-state index contributed by atoms with van der Waals surface area (Å²) in [7, 11) is 0. The summed E-state index contributed by atoms with van der Waals surface area (Å²) in [5.41, 5.74) is 5.25. The van der Waals surface area contributed by atoms with Gasteiger partial charge in [-0.2, -0.15) is 16.4 Å².